The van der Waals surface area contributed by atoms with Crippen molar-refractivity contribution in [3.05, 3.63) is 76.9 Å². The number of nitrogens with zero attached hydrogens (tertiary/aromatic N) is 1. The van der Waals surface area contributed by atoms with E-state index < -0.39 is 5.97 Å². The lowest BCUT2D eigenvalue weighted by Crippen LogP contribution is -2.34. The largest absolute Gasteiger partial charge is 0.481 e. The van der Waals surface area contributed by atoms with Crippen LogP contribution in [0.15, 0.2) is 60.2 Å². The van der Waals surface area contributed by atoms with Crippen molar-refractivity contribution in [2.75, 3.05) is 13.1 Å². The van der Waals surface area contributed by atoms with Crippen LogP contribution in [0.1, 0.15) is 27.9 Å². The zero-order chi connectivity index (χ0) is 16.9. The minimum atomic E-state index is -0.879. The lowest BCUT2D eigenvalue weighted by atomic mass is 10.0. The van der Waals surface area contributed by atoms with Crippen LogP contribution in [-0.4, -0.2) is 35.0 Å². The smallest absolute Gasteiger partial charge is 0.307 e. The zero-order valence-electron chi connectivity index (χ0n) is 13.3. The summed E-state index contributed by atoms with van der Waals surface area (Å²) in [6.07, 6.45) is 2.53. The van der Waals surface area contributed by atoms with Gasteiger partial charge in [-0.05, 0) is 29.2 Å². The van der Waals surface area contributed by atoms with Crippen molar-refractivity contribution in [3.63, 3.8) is 0 Å². The quantitative estimate of drug-likeness (QED) is 0.920. The van der Waals surface area contributed by atoms with Crippen molar-refractivity contribution < 1.29 is 14.7 Å². The molecule has 0 spiro atoms. The average molecular weight is 321 g/mol. The average Bonchev–Trinajstić information content (AvgIpc) is 2.71. The number of carboxylic acid groups (broad SMARTS) is 1. The van der Waals surface area contributed by atoms with Crippen LogP contribution in [0.5, 0.6) is 0 Å². The molecule has 0 fully saturated rings. The number of carboxylic acids is 1. The van der Waals surface area contributed by atoms with Gasteiger partial charge in [-0.3, -0.25) is 9.59 Å². The molecule has 0 atom stereocenters. The van der Waals surface area contributed by atoms with E-state index in [4.69, 9.17) is 5.11 Å². The Morgan fingerprint density at radius 2 is 1.75 bits per heavy atom. The highest BCUT2D eigenvalue weighted by Gasteiger charge is 2.23. The van der Waals surface area contributed by atoms with E-state index in [1.807, 2.05) is 54.6 Å². The maximum Gasteiger partial charge on any atom is 0.307 e. The first-order valence-corrected chi connectivity index (χ1v) is 7.97. The first-order valence-electron chi connectivity index (χ1n) is 7.97. The number of benzene rings is 2. The molecular formula is C20H19NO3. The van der Waals surface area contributed by atoms with Crippen LogP contribution in [0.3, 0.4) is 0 Å². The fraction of sp³-hybridized carbons (Fsp3) is 0.200. The first kappa shape index (κ1) is 16.0. The van der Waals surface area contributed by atoms with Gasteiger partial charge in [0.25, 0.3) is 5.91 Å². The first-order chi connectivity index (χ1) is 11.6. The summed E-state index contributed by atoms with van der Waals surface area (Å²) in [5.41, 5.74) is 3.33. The summed E-state index contributed by atoms with van der Waals surface area (Å²) >= 11 is 0. The van der Waals surface area contributed by atoms with Crippen molar-refractivity contribution in [3.8, 4) is 0 Å². The maximum absolute atomic E-state index is 12.8. The number of aliphatic carboxylic acids is 1. The summed E-state index contributed by atoms with van der Waals surface area (Å²) in [6.45, 7) is 0.917. The molecule has 122 valence electrons. The van der Waals surface area contributed by atoms with Crippen molar-refractivity contribution in [2.24, 2.45) is 0 Å². The van der Waals surface area contributed by atoms with Crippen LogP contribution in [0.4, 0.5) is 0 Å². The van der Waals surface area contributed by atoms with Gasteiger partial charge in [-0.1, -0.05) is 54.6 Å². The molecule has 0 saturated heterocycles. The molecule has 4 heteroatoms. The minimum absolute atomic E-state index is 0.0434. The molecule has 1 N–H and O–H groups in total. The van der Waals surface area contributed by atoms with Crippen LogP contribution in [0.2, 0.25) is 0 Å². The van der Waals surface area contributed by atoms with Crippen LogP contribution in [-0.2, 0) is 11.2 Å². The molecule has 1 aliphatic rings. The minimum Gasteiger partial charge on any atom is -0.481 e. The second-order valence-electron chi connectivity index (χ2n) is 5.92. The molecule has 2 aromatic carbocycles. The molecule has 1 heterocycles. The number of hydrogen-bond donors (Lipinski definition) is 1. The molecule has 0 aromatic heterocycles. The van der Waals surface area contributed by atoms with E-state index >= 15 is 0 Å². The lowest BCUT2D eigenvalue weighted by Gasteiger charge is -2.22. The highest BCUT2D eigenvalue weighted by Crippen LogP contribution is 2.22. The Labute approximate surface area is 141 Å². The molecule has 1 aliphatic heterocycles. The van der Waals surface area contributed by atoms with Gasteiger partial charge in [-0.2, -0.15) is 0 Å². The molecule has 0 radical (unpaired) electrons. The Bertz CT molecular complexity index is 780. The highest BCUT2D eigenvalue weighted by molar-refractivity contribution is 5.99. The Kier molecular flexibility index (Phi) is 4.75. The van der Waals surface area contributed by atoms with Crippen molar-refractivity contribution in [1.29, 1.82) is 0 Å². The monoisotopic (exact) mass is 321 g/mol. The molecule has 1 amide bonds. The normalized spacial score (nSPS) is 13.9. The van der Waals surface area contributed by atoms with Gasteiger partial charge in [0, 0.05) is 18.7 Å². The molecule has 0 saturated carbocycles. The predicted molar refractivity (Wildman–Crippen MR) is 92.7 cm³/mol. The summed E-state index contributed by atoms with van der Waals surface area (Å²) in [6, 6.07) is 17.3. The third kappa shape index (κ3) is 3.71. The summed E-state index contributed by atoms with van der Waals surface area (Å²) in [5, 5.41) is 9.12. The Balaban J connectivity index is 1.85. The molecule has 3 rings (SSSR count). The van der Waals surface area contributed by atoms with Gasteiger partial charge in [0.1, 0.15) is 0 Å². The van der Waals surface area contributed by atoms with Crippen LogP contribution >= 0.6 is 0 Å². The van der Waals surface area contributed by atoms with E-state index in [0.29, 0.717) is 18.7 Å². The van der Waals surface area contributed by atoms with Crippen molar-refractivity contribution in [1.82, 2.24) is 4.90 Å². The summed E-state index contributed by atoms with van der Waals surface area (Å²) in [4.78, 5) is 25.7. The molecule has 4 nitrogen and oxygen atoms in total. The summed E-state index contributed by atoms with van der Waals surface area (Å²) in [5.74, 6) is -0.922. The number of amides is 1. The van der Waals surface area contributed by atoms with Gasteiger partial charge >= 0.3 is 5.97 Å². The van der Waals surface area contributed by atoms with Gasteiger partial charge < -0.3 is 10.0 Å². The van der Waals surface area contributed by atoms with Crippen LogP contribution < -0.4 is 0 Å². The topological polar surface area (TPSA) is 57.6 Å². The Morgan fingerprint density at radius 1 is 1.04 bits per heavy atom. The number of rotatable bonds is 5. The molecular weight excluding hydrogens is 302 g/mol. The summed E-state index contributed by atoms with van der Waals surface area (Å²) in [7, 11) is 0. The fourth-order valence-corrected chi connectivity index (χ4v) is 2.96. The zero-order valence-corrected chi connectivity index (χ0v) is 13.3. The number of carbonyl (C=O) groups excluding carboxylic acids is 1. The Morgan fingerprint density at radius 3 is 2.50 bits per heavy atom. The number of carbonyl (C=O) groups is 2. The number of hydrogen-bond acceptors (Lipinski definition) is 2. The van der Waals surface area contributed by atoms with Crippen LogP contribution in [0.25, 0.3) is 6.08 Å². The number of fused-ring (bicyclic) bond motifs is 1. The second kappa shape index (κ2) is 7.13. The molecule has 0 unspecified atom stereocenters. The standard InChI is InChI=1S/C20H19NO3/c22-19(23)13-16-12-17-8-4-5-9-18(17)20(24)21(14-16)11-10-15-6-2-1-3-7-15/h1-9,12H,10-11,13-14H2,(H,22,23). The van der Waals surface area contributed by atoms with Gasteiger partial charge in [-0.25, -0.2) is 0 Å². The van der Waals surface area contributed by atoms with Crippen molar-refractivity contribution >= 4 is 18.0 Å². The fourth-order valence-electron chi connectivity index (χ4n) is 2.96. The lowest BCUT2D eigenvalue weighted by molar-refractivity contribution is -0.136. The van der Waals surface area contributed by atoms with E-state index in [0.717, 1.165) is 23.1 Å². The predicted octanol–water partition coefficient (Wildman–Crippen LogP) is 3.24. The molecule has 0 bridgehead atoms. The van der Waals surface area contributed by atoms with Gasteiger partial charge in [0.05, 0.1) is 6.42 Å². The van der Waals surface area contributed by atoms with E-state index in [1.165, 1.54) is 0 Å². The van der Waals surface area contributed by atoms with E-state index in [9.17, 15) is 9.59 Å². The van der Waals surface area contributed by atoms with Crippen LogP contribution in [0, 0.1) is 0 Å². The van der Waals surface area contributed by atoms with Gasteiger partial charge in [-0.15, -0.1) is 0 Å². The van der Waals surface area contributed by atoms with E-state index in [-0.39, 0.29) is 12.3 Å². The van der Waals surface area contributed by atoms with E-state index in [1.54, 1.807) is 11.0 Å². The SMILES string of the molecule is O=C(O)CC1=Cc2ccccc2C(=O)N(CCc2ccccc2)C1. The summed E-state index contributed by atoms with van der Waals surface area (Å²) < 4.78 is 0. The maximum atomic E-state index is 12.8. The Hall–Kier alpha value is -2.88. The second-order valence-corrected chi connectivity index (χ2v) is 5.92. The molecule has 0 aliphatic carbocycles. The highest BCUT2D eigenvalue weighted by atomic mass is 16.4. The third-order valence-electron chi connectivity index (χ3n) is 4.12. The molecule has 24 heavy (non-hydrogen) atoms. The van der Waals surface area contributed by atoms with Gasteiger partial charge in [0.15, 0.2) is 0 Å². The van der Waals surface area contributed by atoms with Crippen molar-refractivity contribution in [2.45, 2.75) is 12.8 Å². The third-order valence-corrected chi connectivity index (χ3v) is 4.12. The van der Waals surface area contributed by atoms with E-state index in [2.05, 4.69) is 0 Å². The van der Waals surface area contributed by atoms with Gasteiger partial charge in [0.2, 0.25) is 0 Å². The molecule has 2 aromatic rings.